The molecule has 1 saturated heterocycles. The van der Waals surface area contributed by atoms with E-state index in [2.05, 4.69) is 77.6 Å². The van der Waals surface area contributed by atoms with Gasteiger partial charge in [0.15, 0.2) is 0 Å². The van der Waals surface area contributed by atoms with E-state index in [1.54, 1.807) is 0 Å². The van der Waals surface area contributed by atoms with Gasteiger partial charge in [0.2, 0.25) is 0 Å². The van der Waals surface area contributed by atoms with Crippen LogP contribution in [0.25, 0.3) is 10.9 Å². The lowest BCUT2D eigenvalue weighted by molar-refractivity contribution is 0.122. The van der Waals surface area contributed by atoms with Crippen molar-refractivity contribution in [3.05, 3.63) is 65.4 Å². The maximum absolute atomic E-state index is 5.46. The maximum Gasteiger partial charge on any atom is 0.0642 e. The molecule has 1 fully saturated rings. The fraction of sp³-hybridized carbons (Fsp3) is 0.364. The summed E-state index contributed by atoms with van der Waals surface area (Å²) >= 11 is 0. The molecule has 0 amide bonds. The lowest BCUT2D eigenvalue weighted by atomic mass is 10.1. The summed E-state index contributed by atoms with van der Waals surface area (Å²) in [5, 5.41) is 4.94. The number of hydrogen-bond donors (Lipinski definition) is 2. The number of aromatic nitrogens is 1. The van der Waals surface area contributed by atoms with Gasteiger partial charge in [0.25, 0.3) is 0 Å². The van der Waals surface area contributed by atoms with Crippen molar-refractivity contribution in [2.24, 2.45) is 0 Å². The highest BCUT2D eigenvalue weighted by Gasteiger charge is 2.13. The van der Waals surface area contributed by atoms with Gasteiger partial charge in [-0.05, 0) is 54.6 Å². The van der Waals surface area contributed by atoms with Crippen LogP contribution in [0.5, 0.6) is 0 Å². The van der Waals surface area contributed by atoms with Gasteiger partial charge in [0.1, 0.15) is 0 Å². The van der Waals surface area contributed by atoms with Crippen LogP contribution in [0.4, 0.5) is 5.69 Å². The molecule has 1 aliphatic rings. The highest BCUT2D eigenvalue weighted by atomic mass is 16.5. The Morgan fingerprint density at radius 2 is 1.96 bits per heavy atom. The molecule has 26 heavy (non-hydrogen) atoms. The van der Waals surface area contributed by atoms with E-state index >= 15 is 0 Å². The Morgan fingerprint density at radius 1 is 1.12 bits per heavy atom. The van der Waals surface area contributed by atoms with Crippen molar-refractivity contribution < 1.29 is 4.74 Å². The van der Waals surface area contributed by atoms with E-state index in [1.165, 1.54) is 33.4 Å². The van der Waals surface area contributed by atoms with Gasteiger partial charge in [-0.15, -0.1) is 0 Å². The van der Waals surface area contributed by atoms with Gasteiger partial charge in [-0.3, -0.25) is 0 Å². The number of fused-ring (bicyclic) bond motifs is 1. The molecule has 4 rings (SSSR count). The van der Waals surface area contributed by atoms with Gasteiger partial charge in [-0.1, -0.05) is 24.3 Å². The van der Waals surface area contributed by atoms with E-state index in [-0.39, 0.29) is 0 Å². The molecule has 2 N–H and O–H groups in total. The maximum atomic E-state index is 5.46. The smallest absolute Gasteiger partial charge is 0.0642 e. The number of anilines is 1. The summed E-state index contributed by atoms with van der Waals surface area (Å²) in [5.74, 6) is 0. The number of aryl methyl sites for hydroxylation is 1. The number of nitrogens with one attached hydrogen (secondary N) is 2. The minimum absolute atomic E-state index is 0.303. The molecule has 2 aromatic carbocycles. The lowest BCUT2D eigenvalue weighted by Crippen LogP contribution is -2.36. The fourth-order valence-corrected chi connectivity index (χ4v) is 3.63. The Labute approximate surface area is 155 Å². The molecule has 0 radical (unpaired) electrons. The number of H-pyrrole nitrogens is 1. The zero-order chi connectivity index (χ0) is 17.9. The molecule has 2 heterocycles. The van der Waals surface area contributed by atoms with Crippen LogP contribution in [0.1, 0.15) is 29.8 Å². The Morgan fingerprint density at radius 3 is 2.81 bits per heavy atom. The molecule has 0 spiro atoms. The average Bonchev–Trinajstić information content (AvgIpc) is 3.06. The van der Waals surface area contributed by atoms with Crippen molar-refractivity contribution in [2.45, 2.75) is 26.4 Å². The quantitative estimate of drug-likeness (QED) is 0.726. The van der Waals surface area contributed by atoms with Crippen molar-refractivity contribution in [3.63, 3.8) is 0 Å². The highest BCUT2D eigenvalue weighted by Crippen LogP contribution is 2.22. The summed E-state index contributed by atoms with van der Waals surface area (Å²) < 4.78 is 5.46. The number of nitrogens with zero attached hydrogens (tertiary/aromatic N) is 1. The van der Waals surface area contributed by atoms with Crippen molar-refractivity contribution in [2.75, 3.05) is 31.2 Å². The number of morpholine rings is 1. The third kappa shape index (κ3) is 3.76. The van der Waals surface area contributed by atoms with Gasteiger partial charge >= 0.3 is 0 Å². The second kappa shape index (κ2) is 7.52. The predicted molar refractivity (Wildman–Crippen MR) is 108 cm³/mol. The van der Waals surface area contributed by atoms with Crippen LogP contribution in [-0.2, 0) is 11.3 Å². The summed E-state index contributed by atoms with van der Waals surface area (Å²) in [6.45, 7) is 8.77. The van der Waals surface area contributed by atoms with E-state index in [1.807, 2.05) is 0 Å². The van der Waals surface area contributed by atoms with Crippen LogP contribution in [0.3, 0.4) is 0 Å². The fourth-order valence-electron chi connectivity index (χ4n) is 3.63. The molecule has 0 aliphatic carbocycles. The van der Waals surface area contributed by atoms with Gasteiger partial charge < -0.3 is 19.9 Å². The summed E-state index contributed by atoms with van der Waals surface area (Å²) in [4.78, 5) is 5.82. The van der Waals surface area contributed by atoms with Crippen LogP contribution >= 0.6 is 0 Å². The Kier molecular flexibility index (Phi) is 4.96. The summed E-state index contributed by atoms with van der Waals surface area (Å²) in [6, 6.07) is 18.0. The monoisotopic (exact) mass is 349 g/mol. The molecular weight excluding hydrogens is 322 g/mol. The molecule has 1 atom stereocenters. The average molecular weight is 349 g/mol. The molecule has 1 aliphatic heterocycles. The molecule has 1 aromatic heterocycles. The van der Waals surface area contributed by atoms with Crippen molar-refractivity contribution in [1.29, 1.82) is 0 Å². The highest BCUT2D eigenvalue weighted by molar-refractivity contribution is 5.81. The van der Waals surface area contributed by atoms with Gasteiger partial charge in [-0.25, -0.2) is 0 Å². The number of hydrogen-bond acceptors (Lipinski definition) is 3. The van der Waals surface area contributed by atoms with Crippen LogP contribution in [0, 0.1) is 6.92 Å². The molecule has 0 bridgehead atoms. The standard InChI is InChI=1S/C22H27N3O/c1-16-12-20-7-6-18(13-22(20)24-16)15-23-17(2)19-4-3-5-21(14-19)25-8-10-26-11-9-25/h3-7,12-14,17,23-24H,8-11,15H2,1-2H3. The SMILES string of the molecule is Cc1cc2ccc(CNC(C)c3cccc(N4CCOCC4)c3)cc2[nH]1. The van der Waals surface area contributed by atoms with Gasteiger partial charge in [-0.2, -0.15) is 0 Å². The largest absolute Gasteiger partial charge is 0.378 e. The predicted octanol–water partition coefficient (Wildman–Crippen LogP) is 4.16. The first-order chi connectivity index (χ1) is 12.7. The minimum atomic E-state index is 0.303. The molecule has 3 aromatic rings. The third-order valence-corrected chi connectivity index (χ3v) is 5.18. The molecule has 1 unspecified atom stereocenters. The number of rotatable bonds is 5. The summed E-state index contributed by atoms with van der Waals surface area (Å²) in [5.41, 5.74) is 6.34. The second-order valence-electron chi connectivity index (χ2n) is 7.17. The topological polar surface area (TPSA) is 40.3 Å². The van der Waals surface area contributed by atoms with Crippen LogP contribution in [0.2, 0.25) is 0 Å². The number of aromatic amines is 1. The van der Waals surface area contributed by atoms with E-state index in [0.29, 0.717) is 6.04 Å². The van der Waals surface area contributed by atoms with Crippen molar-refractivity contribution >= 4 is 16.6 Å². The summed E-state index contributed by atoms with van der Waals surface area (Å²) in [6.07, 6.45) is 0. The number of benzene rings is 2. The van der Waals surface area contributed by atoms with E-state index in [9.17, 15) is 0 Å². The molecule has 4 heteroatoms. The van der Waals surface area contributed by atoms with Gasteiger partial charge in [0, 0.05) is 42.6 Å². The normalized spacial score (nSPS) is 16.2. The molecule has 4 nitrogen and oxygen atoms in total. The number of ether oxygens (including phenoxy) is 1. The first kappa shape index (κ1) is 17.1. The van der Waals surface area contributed by atoms with Crippen LogP contribution < -0.4 is 10.2 Å². The van der Waals surface area contributed by atoms with Crippen molar-refractivity contribution in [1.82, 2.24) is 10.3 Å². The first-order valence-electron chi connectivity index (χ1n) is 9.43. The van der Waals surface area contributed by atoms with Gasteiger partial charge in [0.05, 0.1) is 13.2 Å². The minimum Gasteiger partial charge on any atom is -0.378 e. The van der Waals surface area contributed by atoms with E-state index in [4.69, 9.17) is 4.74 Å². The Balaban J connectivity index is 1.42. The van der Waals surface area contributed by atoms with E-state index in [0.717, 1.165) is 32.8 Å². The Bertz CT molecular complexity index is 880. The lowest BCUT2D eigenvalue weighted by Gasteiger charge is -2.29. The third-order valence-electron chi connectivity index (χ3n) is 5.18. The molecule has 0 saturated carbocycles. The zero-order valence-corrected chi connectivity index (χ0v) is 15.6. The zero-order valence-electron chi connectivity index (χ0n) is 15.6. The van der Waals surface area contributed by atoms with Crippen LogP contribution in [0.15, 0.2) is 48.5 Å². The molecular formula is C22H27N3O. The molecule has 136 valence electrons. The van der Waals surface area contributed by atoms with Crippen molar-refractivity contribution in [3.8, 4) is 0 Å². The second-order valence-corrected chi connectivity index (χ2v) is 7.17. The van der Waals surface area contributed by atoms with Crippen LogP contribution in [-0.4, -0.2) is 31.3 Å². The summed E-state index contributed by atoms with van der Waals surface area (Å²) in [7, 11) is 0. The Hall–Kier alpha value is -2.30. The van der Waals surface area contributed by atoms with E-state index < -0.39 is 0 Å². The first-order valence-corrected chi connectivity index (χ1v) is 9.43.